The lowest BCUT2D eigenvalue weighted by molar-refractivity contribution is 0.143. The van der Waals surface area contributed by atoms with Crippen molar-refractivity contribution in [3.63, 3.8) is 0 Å². The summed E-state index contributed by atoms with van der Waals surface area (Å²) in [4.78, 5) is 6.76. The molecule has 4 nitrogen and oxygen atoms in total. The van der Waals surface area contributed by atoms with E-state index < -0.39 is 0 Å². The van der Waals surface area contributed by atoms with E-state index in [9.17, 15) is 0 Å². The Kier molecular flexibility index (Phi) is 9.47. The quantitative estimate of drug-likeness (QED) is 0.335. The number of rotatable bonds is 6. The van der Waals surface area contributed by atoms with Gasteiger partial charge in [0.15, 0.2) is 5.96 Å². The first kappa shape index (κ1) is 19.2. The van der Waals surface area contributed by atoms with Crippen LogP contribution in [0.1, 0.15) is 30.9 Å². The molecule has 22 heavy (non-hydrogen) atoms. The molecule has 2 rings (SSSR count). The van der Waals surface area contributed by atoms with E-state index >= 15 is 0 Å². The smallest absolute Gasteiger partial charge is 0.193 e. The Bertz CT molecular complexity index is 465. The van der Waals surface area contributed by atoms with Crippen molar-refractivity contribution in [3.05, 3.63) is 35.4 Å². The molecule has 0 spiro atoms. The molecule has 0 amide bonds. The Morgan fingerprint density at radius 3 is 2.77 bits per heavy atom. The zero-order valence-corrected chi connectivity index (χ0v) is 16.0. The van der Waals surface area contributed by atoms with Gasteiger partial charge in [-0.05, 0) is 37.3 Å². The monoisotopic (exact) mass is 417 g/mol. The van der Waals surface area contributed by atoms with E-state index in [1.807, 2.05) is 14.0 Å². The lowest BCUT2D eigenvalue weighted by Crippen LogP contribution is -2.44. The molecule has 5 heteroatoms. The van der Waals surface area contributed by atoms with E-state index in [-0.39, 0.29) is 24.0 Å². The molecule has 1 heterocycles. The maximum absolute atomic E-state index is 5.35. The maximum Gasteiger partial charge on any atom is 0.193 e. The largest absolute Gasteiger partial charge is 0.382 e. The summed E-state index contributed by atoms with van der Waals surface area (Å²) in [5.74, 6) is 1.01. The highest BCUT2D eigenvalue weighted by Crippen LogP contribution is 2.18. The van der Waals surface area contributed by atoms with Gasteiger partial charge in [0, 0.05) is 39.9 Å². The van der Waals surface area contributed by atoms with Crippen LogP contribution in [-0.2, 0) is 17.7 Å². The zero-order chi connectivity index (χ0) is 14.9. The lowest BCUT2D eigenvalue weighted by atomic mass is 10.0. The fourth-order valence-corrected chi connectivity index (χ4v) is 2.68. The van der Waals surface area contributed by atoms with Gasteiger partial charge in [0.2, 0.25) is 0 Å². The first-order chi connectivity index (χ1) is 10.3. The molecule has 0 bridgehead atoms. The fourth-order valence-electron chi connectivity index (χ4n) is 2.68. The predicted octanol–water partition coefficient (Wildman–Crippen LogP) is 3.05. The molecule has 1 aliphatic heterocycles. The van der Waals surface area contributed by atoms with Gasteiger partial charge < -0.3 is 15.0 Å². The molecule has 1 aromatic carbocycles. The van der Waals surface area contributed by atoms with Crippen LogP contribution >= 0.6 is 24.0 Å². The molecular formula is C17H28IN3O. The van der Waals surface area contributed by atoms with Crippen molar-refractivity contribution < 1.29 is 4.74 Å². The summed E-state index contributed by atoms with van der Waals surface area (Å²) in [6, 6.07) is 8.69. The van der Waals surface area contributed by atoms with Crippen molar-refractivity contribution in [2.45, 2.75) is 32.7 Å². The Morgan fingerprint density at radius 2 is 2.05 bits per heavy atom. The Labute approximate surface area is 151 Å². The number of nitrogens with zero attached hydrogens (tertiary/aromatic N) is 2. The number of guanidine groups is 1. The van der Waals surface area contributed by atoms with E-state index in [2.05, 4.69) is 39.5 Å². The van der Waals surface area contributed by atoms with Crippen LogP contribution in [0.2, 0.25) is 0 Å². The first-order valence-corrected chi connectivity index (χ1v) is 7.95. The number of benzene rings is 1. The van der Waals surface area contributed by atoms with Crippen LogP contribution in [-0.4, -0.2) is 44.2 Å². The summed E-state index contributed by atoms with van der Waals surface area (Å²) < 4.78 is 5.35. The van der Waals surface area contributed by atoms with Gasteiger partial charge in [0.25, 0.3) is 0 Å². The van der Waals surface area contributed by atoms with Crippen molar-refractivity contribution >= 4 is 29.9 Å². The highest BCUT2D eigenvalue weighted by Gasteiger charge is 2.18. The van der Waals surface area contributed by atoms with E-state index in [1.165, 1.54) is 11.1 Å². The fraction of sp³-hybridized carbons (Fsp3) is 0.588. The molecule has 1 N–H and O–H groups in total. The summed E-state index contributed by atoms with van der Waals surface area (Å²) in [6.45, 7) is 6.65. The summed E-state index contributed by atoms with van der Waals surface area (Å²) in [5.41, 5.74) is 2.89. The van der Waals surface area contributed by atoms with Crippen LogP contribution in [0.4, 0.5) is 0 Å². The zero-order valence-electron chi connectivity index (χ0n) is 13.7. The minimum Gasteiger partial charge on any atom is -0.382 e. The van der Waals surface area contributed by atoms with Gasteiger partial charge in [-0.1, -0.05) is 24.3 Å². The van der Waals surface area contributed by atoms with Gasteiger partial charge in [-0.3, -0.25) is 4.99 Å². The summed E-state index contributed by atoms with van der Waals surface area (Å²) in [7, 11) is 1.86. The first-order valence-electron chi connectivity index (χ1n) is 7.95. The normalized spacial score (nSPS) is 14.3. The molecule has 1 aliphatic rings. The van der Waals surface area contributed by atoms with Crippen molar-refractivity contribution in [3.8, 4) is 0 Å². The minimum absolute atomic E-state index is 0. The van der Waals surface area contributed by atoms with Gasteiger partial charge in [-0.2, -0.15) is 0 Å². The predicted molar refractivity (Wildman–Crippen MR) is 103 cm³/mol. The van der Waals surface area contributed by atoms with Crippen LogP contribution in [0.15, 0.2) is 29.3 Å². The number of hydrogen-bond acceptors (Lipinski definition) is 2. The molecule has 0 atom stereocenters. The van der Waals surface area contributed by atoms with Crippen molar-refractivity contribution in [2.24, 2.45) is 4.99 Å². The number of aliphatic imine (C=N–C) groups is 1. The highest BCUT2D eigenvalue weighted by molar-refractivity contribution is 14.0. The number of fused-ring (bicyclic) bond motifs is 1. The van der Waals surface area contributed by atoms with E-state index in [0.717, 1.165) is 58.1 Å². The molecule has 0 aliphatic carbocycles. The molecule has 0 radical (unpaired) electrons. The van der Waals surface area contributed by atoms with Crippen LogP contribution in [0.25, 0.3) is 0 Å². The maximum atomic E-state index is 5.35. The average molecular weight is 417 g/mol. The second-order valence-corrected chi connectivity index (χ2v) is 5.32. The van der Waals surface area contributed by atoms with Gasteiger partial charge in [-0.15, -0.1) is 24.0 Å². The molecule has 0 unspecified atom stereocenters. The number of unbranched alkanes of at least 4 members (excludes halogenated alkanes) is 1. The lowest BCUT2D eigenvalue weighted by Gasteiger charge is -2.31. The van der Waals surface area contributed by atoms with Crippen molar-refractivity contribution in [1.82, 2.24) is 10.2 Å². The Morgan fingerprint density at radius 1 is 1.27 bits per heavy atom. The third kappa shape index (κ3) is 5.76. The van der Waals surface area contributed by atoms with Crippen LogP contribution in [0.3, 0.4) is 0 Å². The topological polar surface area (TPSA) is 36.9 Å². The van der Waals surface area contributed by atoms with E-state index in [1.54, 1.807) is 0 Å². The van der Waals surface area contributed by atoms with Crippen molar-refractivity contribution in [1.29, 1.82) is 0 Å². The van der Waals surface area contributed by atoms with Crippen LogP contribution in [0, 0.1) is 0 Å². The average Bonchev–Trinajstić information content (AvgIpc) is 2.54. The summed E-state index contributed by atoms with van der Waals surface area (Å²) >= 11 is 0. The molecule has 0 fully saturated rings. The third-order valence-corrected chi connectivity index (χ3v) is 3.84. The molecule has 0 saturated heterocycles. The molecule has 0 saturated carbocycles. The SMILES string of the molecule is CCOCCCCNC(=NC)N1CCc2ccccc2C1.I. The number of halogens is 1. The standard InChI is InChI=1S/C17H27N3O.HI/c1-3-21-13-7-6-11-19-17(18-2)20-12-10-15-8-4-5-9-16(15)14-20;/h4-5,8-9H,3,6-7,10-14H2,1-2H3,(H,18,19);1H. The second-order valence-electron chi connectivity index (χ2n) is 5.32. The molecular weight excluding hydrogens is 389 g/mol. The third-order valence-electron chi connectivity index (χ3n) is 3.84. The summed E-state index contributed by atoms with van der Waals surface area (Å²) in [6.07, 6.45) is 3.31. The minimum atomic E-state index is 0. The highest BCUT2D eigenvalue weighted by atomic mass is 127. The van der Waals surface area contributed by atoms with Gasteiger partial charge in [0.1, 0.15) is 0 Å². The van der Waals surface area contributed by atoms with Gasteiger partial charge >= 0.3 is 0 Å². The Balaban J connectivity index is 0.00000242. The van der Waals surface area contributed by atoms with E-state index in [0.29, 0.717) is 0 Å². The number of ether oxygens (including phenoxy) is 1. The van der Waals surface area contributed by atoms with E-state index in [4.69, 9.17) is 4.74 Å². The Hall–Kier alpha value is -0.820. The van der Waals surface area contributed by atoms with Gasteiger partial charge in [-0.25, -0.2) is 0 Å². The van der Waals surface area contributed by atoms with Crippen molar-refractivity contribution in [2.75, 3.05) is 33.4 Å². The molecule has 1 aromatic rings. The molecule has 124 valence electrons. The second kappa shape index (κ2) is 10.8. The molecule has 0 aromatic heterocycles. The van der Waals surface area contributed by atoms with Crippen LogP contribution < -0.4 is 5.32 Å². The number of nitrogens with one attached hydrogen (secondary N) is 1. The number of hydrogen-bond donors (Lipinski definition) is 1. The van der Waals surface area contributed by atoms with Gasteiger partial charge in [0.05, 0.1) is 0 Å². The van der Waals surface area contributed by atoms with Crippen LogP contribution in [0.5, 0.6) is 0 Å². The summed E-state index contributed by atoms with van der Waals surface area (Å²) in [5, 5.41) is 3.47.